The second kappa shape index (κ2) is 16.5. The molecule has 22 heteroatoms. The van der Waals surface area contributed by atoms with Gasteiger partial charge in [-0.1, -0.05) is 0 Å². The highest BCUT2D eigenvalue weighted by atomic mass is 32.2. The Morgan fingerprint density at radius 1 is 0.681 bits per heavy atom. The van der Waals surface area contributed by atoms with Crippen molar-refractivity contribution in [3.63, 3.8) is 0 Å². The summed E-state index contributed by atoms with van der Waals surface area (Å²) in [5.41, 5.74) is 35.4. The van der Waals surface area contributed by atoms with Gasteiger partial charge >= 0.3 is 0 Å². The van der Waals surface area contributed by atoms with E-state index in [1.165, 1.54) is 0 Å². The summed E-state index contributed by atoms with van der Waals surface area (Å²) in [4.78, 5) is 0. The smallest absolute Gasteiger partial charge is 0.213 e. The van der Waals surface area contributed by atoms with Crippen molar-refractivity contribution in [1.82, 2.24) is 4.72 Å². The van der Waals surface area contributed by atoms with Crippen molar-refractivity contribution in [2.75, 3.05) is 32.0 Å². The molecule has 0 amide bonds. The van der Waals surface area contributed by atoms with Crippen molar-refractivity contribution in [3.05, 3.63) is 0 Å². The molecule has 0 aromatic heterocycles. The van der Waals surface area contributed by atoms with Crippen LogP contribution in [0.15, 0.2) is 0 Å². The molecule has 3 saturated heterocycles. The molecule has 0 bridgehead atoms. The first-order chi connectivity index (χ1) is 22.2. The van der Waals surface area contributed by atoms with E-state index in [2.05, 4.69) is 4.72 Å². The van der Waals surface area contributed by atoms with Crippen LogP contribution in [-0.4, -0.2) is 181 Å². The first-order valence-corrected chi connectivity index (χ1v) is 17.1. The van der Waals surface area contributed by atoms with Crippen LogP contribution in [0.25, 0.3) is 0 Å². The van der Waals surface area contributed by atoms with Crippen LogP contribution >= 0.6 is 0 Å². The maximum absolute atomic E-state index is 12.6. The monoisotopic (exact) mass is 705 g/mol. The summed E-state index contributed by atoms with van der Waals surface area (Å²) in [6.07, 6.45) is -18.7. The first-order valence-electron chi connectivity index (χ1n) is 15.5. The Morgan fingerprint density at radius 3 is 1.89 bits per heavy atom. The minimum Gasteiger partial charge on any atom is -0.394 e. The lowest BCUT2D eigenvalue weighted by molar-refractivity contribution is -0.296. The van der Waals surface area contributed by atoms with Crippen molar-refractivity contribution in [1.29, 1.82) is 0 Å². The number of rotatable bonds is 13. The van der Waals surface area contributed by atoms with Gasteiger partial charge in [0.15, 0.2) is 18.9 Å². The van der Waals surface area contributed by atoms with Crippen molar-refractivity contribution in [2.45, 2.75) is 123 Å². The average Bonchev–Trinajstić information content (AvgIpc) is 3.31. The van der Waals surface area contributed by atoms with Crippen LogP contribution in [0.3, 0.4) is 0 Å². The molecule has 3 heterocycles. The van der Waals surface area contributed by atoms with Gasteiger partial charge in [0.05, 0.1) is 48.8 Å². The van der Waals surface area contributed by atoms with Crippen LogP contribution in [0.4, 0.5) is 0 Å². The van der Waals surface area contributed by atoms with Gasteiger partial charge in [0, 0.05) is 25.7 Å². The molecule has 21 nitrogen and oxygen atoms in total. The highest BCUT2D eigenvalue weighted by molar-refractivity contribution is 7.89. The summed E-state index contributed by atoms with van der Waals surface area (Å²) >= 11 is 0. The molecule has 0 spiro atoms. The molecule has 4 aliphatic rings. The fourth-order valence-corrected chi connectivity index (χ4v) is 7.38. The van der Waals surface area contributed by atoms with E-state index < -0.39 is 133 Å². The highest BCUT2D eigenvalue weighted by Gasteiger charge is 2.54. The zero-order valence-electron chi connectivity index (χ0n) is 25.7. The largest absolute Gasteiger partial charge is 0.394 e. The van der Waals surface area contributed by atoms with E-state index in [0.29, 0.717) is 0 Å². The van der Waals surface area contributed by atoms with E-state index in [-0.39, 0.29) is 32.5 Å². The van der Waals surface area contributed by atoms with Crippen LogP contribution in [0.2, 0.25) is 0 Å². The predicted molar refractivity (Wildman–Crippen MR) is 159 cm³/mol. The Bertz CT molecular complexity index is 1100. The molecule has 1 saturated carbocycles. The summed E-state index contributed by atoms with van der Waals surface area (Å²) in [7, 11) is -3.96. The Morgan fingerprint density at radius 2 is 1.28 bits per heavy atom. The molecule has 19 N–H and O–H groups in total. The molecule has 3 aliphatic heterocycles. The summed E-state index contributed by atoms with van der Waals surface area (Å²) in [5, 5.41) is 63.6. The zero-order valence-corrected chi connectivity index (χ0v) is 26.5. The lowest BCUT2D eigenvalue weighted by atomic mass is 9.84. The third-order valence-corrected chi connectivity index (χ3v) is 10.3. The first kappa shape index (κ1) is 39.0. The van der Waals surface area contributed by atoms with E-state index in [9.17, 15) is 39.1 Å². The standard InChI is InChI=1S/C25H51N7O14S/c26-1-2-47(39,40)32-10-3-8(29)20(44-23-9(30)4-11(34)12(5-27)41-23)22(16(10)35)46-25-19(38)21(14(7-33)43-25)45-24-15(31)18(37)17(36)13(6-28)42-24/h8-25,32-38H,1-7,26-31H2/t8-,9+,10+,11+,12+,13-,14+,15+,16-,17+,18+,19+,20+,21+,22+,23+,24+,25-/m0/s1. The number of aliphatic hydroxyl groups is 6. The van der Waals surface area contributed by atoms with Gasteiger partial charge in [0.1, 0.15) is 48.8 Å². The van der Waals surface area contributed by atoms with Crippen molar-refractivity contribution >= 4 is 10.0 Å². The molecular formula is C25H51N7O14S. The van der Waals surface area contributed by atoms with Gasteiger partial charge in [-0.3, -0.25) is 0 Å². The third kappa shape index (κ3) is 8.74. The number of nitrogens with one attached hydrogen (secondary N) is 1. The molecule has 0 aromatic carbocycles. The molecule has 0 aromatic rings. The number of sulfonamides is 1. The Kier molecular flexibility index (Phi) is 13.7. The SMILES string of the molecule is NCCS(=O)(=O)N[C@@H]1C[C@H](N)[C@@H](O[C@H]2O[C@H](CN)[C@H](O)C[C@H]2N)[C@H](O[C@@H]2O[C@H](CO)[C@@H](O[C@H]3O[C@@H](CN)[C@@H](O)[C@H](O)[C@H]3N)[C@H]2O)[C@H]1O. The van der Waals surface area contributed by atoms with Gasteiger partial charge in [-0.25, -0.2) is 13.1 Å². The quantitative estimate of drug-likeness (QED) is 0.0845. The number of nitrogens with two attached hydrogens (primary N) is 6. The zero-order chi connectivity index (χ0) is 34.8. The van der Waals surface area contributed by atoms with Gasteiger partial charge in [0.25, 0.3) is 0 Å². The summed E-state index contributed by atoms with van der Waals surface area (Å²) < 4.78 is 62.6. The lowest BCUT2D eigenvalue weighted by Gasteiger charge is -2.47. The molecular weight excluding hydrogens is 654 g/mol. The van der Waals surface area contributed by atoms with E-state index >= 15 is 0 Å². The topological polar surface area (TPSA) is 379 Å². The van der Waals surface area contributed by atoms with Crippen LogP contribution in [-0.2, 0) is 38.4 Å². The van der Waals surface area contributed by atoms with Gasteiger partial charge in [-0.2, -0.15) is 0 Å². The predicted octanol–water partition coefficient (Wildman–Crippen LogP) is -8.95. The van der Waals surface area contributed by atoms with Gasteiger partial charge in [0.2, 0.25) is 10.0 Å². The maximum atomic E-state index is 12.6. The lowest BCUT2D eigenvalue weighted by Crippen LogP contribution is -2.67. The summed E-state index contributed by atoms with van der Waals surface area (Å²) in [5.74, 6) is -0.436. The van der Waals surface area contributed by atoms with Crippen LogP contribution in [0, 0.1) is 0 Å². The van der Waals surface area contributed by atoms with Gasteiger partial charge in [-0.05, 0) is 12.8 Å². The molecule has 18 atom stereocenters. The van der Waals surface area contributed by atoms with Crippen LogP contribution in [0.5, 0.6) is 0 Å². The highest BCUT2D eigenvalue weighted by Crippen LogP contribution is 2.34. The average molecular weight is 706 g/mol. The minimum atomic E-state index is -3.96. The number of aliphatic hydroxyl groups excluding tert-OH is 6. The van der Waals surface area contributed by atoms with E-state index in [0.717, 1.165) is 0 Å². The molecule has 47 heavy (non-hydrogen) atoms. The van der Waals surface area contributed by atoms with Crippen molar-refractivity contribution < 1.29 is 67.5 Å². The third-order valence-electron chi connectivity index (χ3n) is 8.90. The van der Waals surface area contributed by atoms with Gasteiger partial charge < -0.3 is 93.5 Å². The fourth-order valence-electron chi connectivity index (χ4n) is 6.25. The minimum absolute atomic E-state index is 0.0551. The fraction of sp³-hybridized carbons (Fsp3) is 1.00. The summed E-state index contributed by atoms with van der Waals surface area (Å²) in [6.45, 7) is -1.14. The molecule has 276 valence electrons. The Hall–Kier alpha value is -0.810. The van der Waals surface area contributed by atoms with Crippen molar-refractivity contribution in [3.8, 4) is 0 Å². The maximum Gasteiger partial charge on any atom is 0.213 e. The molecule has 0 unspecified atom stereocenters. The normalized spacial score (nSPS) is 48.1. The number of hydrogen-bond donors (Lipinski definition) is 13. The van der Waals surface area contributed by atoms with Crippen molar-refractivity contribution in [2.24, 2.45) is 34.4 Å². The second-order valence-electron chi connectivity index (χ2n) is 12.3. The Balaban J connectivity index is 1.56. The van der Waals surface area contributed by atoms with Crippen LogP contribution < -0.4 is 39.1 Å². The second-order valence-corrected chi connectivity index (χ2v) is 14.2. The Labute approximate surface area is 271 Å². The summed E-state index contributed by atoms with van der Waals surface area (Å²) in [6, 6.07) is -4.34. The van der Waals surface area contributed by atoms with E-state index in [1.807, 2.05) is 0 Å². The van der Waals surface area contributed by atoms with Crippen LogP contribution in [0.1, 0.15) is 12.8 Å². The molecule has 4 rings (SSSR count). The van der Waals surface area contributed by atoms with E-state index in [4.69, 9.17) is 62.8 Å². The molecule has 1 aliphatic carbocycles. The number of ether oxygens (including phenoxy) is 6. The van der Waals surface area contributed by atoms with E-state index in [1.54, 1.807) is 0 Å². The van der Waals surface area contributed by atoms with Gasteiger partial charge in [-0.15, -0.1) is 0 Å². The number of hydrogen-bond acceptors (Lipinski definition) is 20. The molecule has 0 radical (unpaired) electrons. The molecule has 4 fully saturated rings.